The van der Waals surface area contributed by atoms with E-state index in [1.54, 1.807) is 0 Å². The van der Waals surface area contributed by atoms with E-state index in [0.29, 0.717) is 37.8 Å². The van der Waals surface area contributed by atoms with E-state index in [4.69, 9.17) is 27.0 Å². The molecule has 1 saturated carbocycles. The first kappa shape index (κ1) is 39.3. The molecule has 0 unspecified atom stereocenters. The molecule has 1 aromatic carbocycles. The highest BCUT2D eigenvalue weighted by molar-refractivity contribution is 6.70. The van der Waals surface area contributed by atoms with Gasteiger partial charge in [-0.05, 0) is 90.5 Å². The fourth-order valence-corrected chi connectivity index (χ4v) is 9.44. The molecule has 0 radical (unpaired) electrons. The predicted octanol–water partition coefficient (Wildman–Crippen LogP) is 10.0. The molecule has 1 aliphatic carbocycles. The summed E-state index contributed by atoms with van der Waals surface area (Å²) in [7, 11) is -4.76. The summed E-state index contributed by atoms with van der Waals surface area (Å²) in [4.78, 5) is 17.8. The Morgan fingerprint density at radius 2 is 1.44 bits per heavy atom. The van der Waals surface area contributed by atoms with Gasteiger partial charge in [0.15, 0.2) is 48.2 Å². The Morgan fingerprint density at radius 1 is 0.860 bits per heavy atom. The van der Waals surface area contributed by atoms with Gasteiger partial charge in [-0.15, -0.1) is 0 Å². The lowest BCUT2D eigenvalue weighted by atomic mass is 9.87. The van der Waals surface area contributed by atoms with Crippen molar-refractivity contribution in [3.63, 3.8) is 0 Å². The van der Waals surface area contributed by atoms with Crippen molar-refractivity contribution in [2.75, 3.05) is 7.11 Å². The van der Waals surface area contributed by atoms with Gasteiger partial charge in [0.2, 0.25) is 5.82 Å². The highest BCUT2D eigenvalue weighted by Gasteiger charge is 2.46. The van der Waals surface area contributed by atoms with Gasteiger partial charge in [-0.25, -0.2) is 22.0 Å². The molecule has 2 rings (SSSR count). The minimum Gasteiger partial charge on any atom is -0.461 e. The van der Waals surface area contributed by atoms with Crippen LogP contribution in [0.1, 0.15) is 67.9 Å². The Balaban J connectivity index is 2.37. The lowest BCUT2D eigenvalue weighted by Gasteiger charge is -2.31. The number of ether oxygens (including phenoxy) is 1. The number of carbonyl (C=O) groups excluding carboxylic acids is 1. The topological polar surface area (TPSA) is 75.6 Å². The molecule has 1 aliphatic rings. The third kappa shape index (κ3) is 14.6. The van der Waals surface area contributed by atoms with Crippen LogP contribution in [0.3, 0.4) is 0 Å². The molecular weight excluding hydrogens is 710 g/mol. The zero-order valence-corrected chi connectivity index (χ0v) is 34.2. The average molecular weight is 771 g/mol. The summed E-state index contributed by atoms with van der Waals surface area (Å²) in [5.74, 6) is -11.9. The fraction of sp³-hybridized carbons (Fsp3) is 0.714. The predicted molar refractivity (Wildman–Crippen MR) is 194 cm³/mol. The molecule has 0 spiro atoms. The Morgan fingerprint density at radius 3 is 1.98 bits per heavy atom. The monoisotopic (exact) mass is 770 g/mol. The third-order valence-corrected chi connectivity index (χ3v) is 10.9. The minimum atomic E-state index is -2.30. The molecule has 0 aliphatic heterocycles. The van der Waals surface area contributed by atoms with E-state index in [1.165, 1.54) is 7.11 Å². The Hall–Kier alpha value is -1.92. The number of benzene rings is 1. The Kier molecular flexibility index (Phi) is 15.1. The molecular formula is C35H58F5NO6Si3. The van der Waals surface area contributed by atoms with Gasteiger partial charge >= 0.3 is 5.97 Å². The second-order valence-corrected chi connectivity index (χ2v) is 29.0. The van der Waals surface area contributed by atoms with Gasteiger partial charge in [0.25, 0.3) is 0 Å². The maximum absolute atomic E-state index is 14.1. The maximum Gasteiger partial charge on any atom is 0.306 e. The molecule has 0 aromatic heterocycles. The first-order valence-electron chi connectivity index (χ1n) is 18.7. The molecule has 5 atom stereocenters. The highest BCUT2D eigenvalue weighted by atomic mass is 28.4. The van der Waals surface area contributed by atoms with Crippen LogP contribution in [0.15, 0.2) is 17.3 Å². The van der Waals surface area contributed by atoms with E-state index in [0.717, 1.165) is 0 Å². The van der Waals surface area contributed by atoms with E-state index in [-0.39, 0.29) is 49.4 Å². The van der Waals surface area contributed by atoms with Crippen LogP contribution < -0.4 is 0 Å². The van der Waals surface area contributed by atoms with Gasteiger partial charge in [0.05, 0.1) is 36.0 Å². The van der Waals surface area contributed by atoms with Crippen LogP contribution >= 0.6 is 0 Å². The van der Waals surface area contributed by atoms with Gasteiger partial charge in [-0.3, -0.25) is 4.79 Å². The van der Waals surface area contributed by atoms with Crippen molar-refractivity contribution in [2.24, 2.45) is 17.0 Å². The molecule has 0 N–H and O–H groups in total. The third-order valence-electron chi connectivity index (χ3n) is 7.83. The molecule has 1 aromatic rings. The first-order chi connectivity index (χ1) is 24.2. The summed E-state index contributed by atoms with van der Waals surface area (Å²) >= 11 is 0. The number of halogens is 5. The molecule has 286 valence electrons. The quantitative estimate of drug-likeness (QED) is 0.0151. The second-order valence-electron chi connectivity index (χ2n) is 15.7. The molecule has 0 bridgehead atoms. The molecule has 7 nitrogen and oxygen atoms in total. The summed E-state index contributed by atoms with van der Waals surface area (Å²) in [5, 5.41) is 4.20. The van der Waals surface area contributed by atoms with Crippen molar-refractivity contribution in [1.82, 2.24) is 0 Å². The van der Waals surface area contributed by atoms with E-state index in [2.05, 4.69) is 76.2 Å². The summed E-state index contributed by atoms with van der Waals surface area (Å²) in [5.41, 5.74) is -0.754. The summed E-state index contributed by atoms with van der Waals surface area (Å²) < 4.78 is 117. The number of rotatable bonds is 20. The molecule has 15 heteroatoms. The lowest BCUT2D eigenvalue weighted by Crippen LogP contribution is -2.36. The number of hydrogen-bond donors (Lipinski definition) is 0. The average Bonchev–Trinajstić information content (AvgIpc) is 3.29. The fourth-order valence-electron chi connectivity index (χ4n) is 5.99. The number of unbranched alkanes of at least 4 members (excludes halogenated alkanes) is 1. The van der Waals surface area contributed by atoms with Crippen LogP contribution in [-0.2, 0) is 34.3 Å². The van der Waals surface area contributed by atoms with Crippen LogP contribution in [0.25, 0.3) is 0 Å². The molecule has 0 amide bonds. The van der Waals surface area contributed by atoms with Crippen molar-refractivity contribution in [3.8, 4) is 0 Å². The van der Waals surface area contributed by atoms with Gasteiger partial charge < -0.3 is 22.9 Å². The van der Waals surface area contributed by atoms with E-state index < -0.39 is 79.0 Å². The number of esters is 1. The Labute approximate surface area is 302 Å². The standard InChI is InChI=1S/C35H58F5NO6Si3/c1-12-13-14-15-24(45-48(3,4)5)17-18-25-26(29(47-50(9,10)11)21-28(25)46-49(6,7)8)20-23(41-43-2)16-19-30(42)44-22-27-31(36)33(38)35(40)34(39)32(27)37/h17-18,24-26,28-29H,12-16,19-22H2,1-11H3/b18-17+,41-23+/t24-,25+,26+,28+,29-/m0/s1/i1D3. The number of nitrogens with zero attached hydrogens (tertiary/aromatic N) is 1. The molecule has 1 fully saturated rings. The number of carbonyl (C=O) groups is 1. The van der Waals surface area contributed by atoms with Gasteiger partial charge in [0, 0.05) is 10.0 Å². The van der Waals surface area contributed by atoms with Crippen molar-refractivity contribution in [3.05, 3.63) is 46.8 Å². The van der Waals surface area contributed by atoms with Crippen molar-refractivity contribution >= 4 is 36.6 Å². The summed E-state index contributed by atoms with van der Waals surface area (Å²) in [6.07, 6.45) is 6.26. The molecule has 50 heavy (non-hydrogen) atoms. The Bertz CT molecular complexity index is 1410. The number of hydrogen-bond acceptors (Lipinski definition) is 7. The van der Waals surface area contributed by atoms with Crippen molar-refractivity contribution in [2.45, 2.75) is 142 Å². The molecule has 0 saturated heterocycles. The summed E-state index contributed by atoms with van der Waals surface area (Å²) in [6.45, 7) is 15.8. The van der Waals surface area contributed by atoms with Crippen molar-refractivity contribution < 1.29 is 53.7 Å². The van der Waals surface area contributed by atoms with E-state index in [1.807, 2.05) is 0 Å². The normalized spacial score (nSPS) is 22.4. The van der Waals surface area contributed by atoms with Gasteiger partial charge in [-0.2, -0.15) is 0 Å². The van der Waals surface area contributed by atoms with Crippen LogP contribution in [0.5, 0.6) is 0 Å². The maximum atomic E-state index is 14.1. The SMILES string of the molecule is [2H]C([2H])([2H])CCCC[C@@H](/C=C/[C@@H]1[C@@H](C/C(CCC(=O)OCc2c(F)c(F)c(F)c(F)c2F)=N/OC)[C@@H](O[Si](C)(C)C)C[C@H]1O[Si](C)(C)C)O[Si](C)(C)C. The smallest absolute Gasteiger partial charge is 0.306 e. The van der Waals surface area contributed by atoms with E-state index in [9.17, 15) is 26.7 Å². The van der Waals surface area contributed by atoms with Crippen molar-refractivity contribution in [1.29, 1.82) is 0 Å². The lowest BCUT2D eigenvalue weighted by molar-refractivity contribution is -0.144. The van der Waals surface area contributed by atoms with E-state index >= 15 is 0 Å². The molecule has 0 heterocycles. The number of oxime groups is 1. The zero-order chi connectivity index (χ0) is 40.5. The van der Waals surface area contributed by atoms with Crippen LogP contribution in [0.2, 0.25) is 58.9 Å². The van der Waals surface area contributed by atoms with Crippen LogP contribution in [0, 0.1) is 40.9 Å². The minimum absolute atomic E-state index is 0.0285. The van der Waals surface area contributed by atoms with Crippen LogP contribution in [-0.4, -0.2) is 62.1 Å². The van der Waals surface area contributed by atoms with Gasteiger partial charge in [-0.1, -0.05) is 43.4 Å². The largest absolute Gasteiger partial charge is 0.461 e. The summed E-state index contributed by atoms with van der Waals surface area (Å²) in [6, 6.07) is 0. The van der Waals surface area contributed by atoms with Crippen LogP contribution in [0.4, 0.5) is 22.0 Å². The van der Waals surface area contributed by atoms with Gasteiger partial charge in [0.1, 0.15) is 13.7 Å². The highest BCUT2D eigenvalue weighted by Crippen LogP contribution is 2.42. The zero-order valence-electron chi connectivity index (χ0n) is 34.2. The first-order valence-corrected chi connectivity index (χ1v) is 27.4. The second kappa shape index (κ2) is 19.2.